The van der Waals surface area contributed by atoms with E-state index in [1.54, 1.807) is 12.1 Å². The molecule has 1 amide bonds. The second-order valence-corrected chi connectivity index (χ2v) is 9.49. The molecule has 30 heavy (non-hydrogen) atoms. The molecule has 0 bridgehead atoms. The lowest BCUT2D eigenvalue weighted by atomic mass is 10.1. The molecule has 2 aromatic carbocycles. The van der Waals surface area contributed by atoms with E-state index < -0.39 is 16.1 Å². The topological polar surface area (TPSA) is 70.2 Å². The fourth-order valence-corrected chi connectivity index (χ4v) is 5.84. The van der Waals surface area contributed by atoms with Gasteiger partial charge in [-0.25, -0.2) is 8.42 Å². The van der Waals surface area contributed by atoms with E-state index in [0.29, 0.717) is 38.2 Å². The van der Waals surface area contributed by atoms with Gasteiger partial charge in [0.15, 0.2) is 0 Å². The number of hydrogen-bond donors (Lipinski definition) is 0. The van der Waals surface area contributed by atoms with Crippen LogP contribution < -0.4 is 9.64 Å². The second-order valence-electron chi connectivity index (χ2n) is 7.60. The van der Waals surface area contributed by atoms with E-state index in [9.17, 15) is 13.2 Å². The van der Waals surface area contributed by atoms with Crippen LogP contribution in [-0.2, 0) is 14.8 Å². The molecule has 2 fully saturated rings. The van der Waals surface area contributed by atoms with Crippen molar-refractivity contribution < 1.29 is 17.9 Å². The van der Waals surface area contributed by atoms with Gasteiger partial charge >= 0.3 is 0 Å². The fourth-order valence-electron chi connectivity index (χ4n) is 4.19. The summed E-state index contributed by atoms with van der Waals surface area (Å²) in [5.41, 5.74) is 1.15. The minimum atomic E-state index is -3.73. The van der Waals surface area contributed by atoms with Crippen LogP contribution in [0.1, 0.15) is 12.8 Å². The molecular formula is C22H27N3O4S. The van der Waals surface area contributed by atoms with Crippen LogP contribution >= 0.6 is 0 Å². The standard InChI is InChI=1S/C22H27N3O4S/c1-29-19-9-11-20(12-10-19)30(27,28)25-13-5-8-21(25)22(26)24-16-14-23(15-17-24)18-6-3-2-4-7-18/h2-4,6-7,9-12,21H,5,8,13-17H2,1H3. The number of carbonyl (C=O) groups excluding carboxylic acids is 1. The van der Waals surface area contributed by atoms with Crippen LogP contribution in [0.3, 0.4) is 0 Å². The van der Waals surface area contributed by atoms with Crippen molar-refractivity contribution in [1.29, 1.82) is 0 Å². The van der Waals surface area contributed by atoms with Crippen molar-refractivity contribution in [3.63, 3.8) is 0 Å². The molecule has 2 saturated heterocycles. The number of piperazine rings is 1. The van der Waals surface area contributed by atoms with E-state index >= 15 is 0 Å². The third-order valence-corrected chi connectivity index (χ3v) is 7.79. The zero-order chi connectivity index (χ0) is 21.1. The van der Waals surface area contributed by atoms with Crippen LogP contribution in [0.2, 0.25) is 0 Å². The fraction of sp³-hybridized carbons (Fsp3) is 0.409. The lowest BCUT2D eigenvalue weighted by Crippen LogP contribution is -2.54. The van der Waals surface area contributed by atoms with E-state index in [1.807, 2.05) is 23.1 Å². The summed E-state index contributed by atoms with van der Waals surface area (Å²) in [6.45, 7) is 3.05. The maximum Gasteiger partial charge on any atom is 0.243 e. The number of benzene rings is 2. The predicted octanol–water partition coefficient (Wildman–Crippen LogP) is 2.20. The van der Waals surface area contributed by atoms with Gasteiger partial charge in [-0.15, -0.1) is 0 Å². The number of ether oxygens (including phenoxy) is 1. The normalized spacial score (nSPS) is 20.4. The summed E-state index contributed by atoms with van der Waals surface area (Å²) in [6.07, 6.45) is 1.25. The number of rotatable bonds is 5. The van der Waals surface area contributed by atoms with Crippen molar-refractivity contribution in [3.8, 4) is 5.75 Å². The molecule has 2 aliphatic heterocycles. The third-order valence-electron chi connectivity index (χ3n) is 5.87. The summed E-state index contributed by atoms with van der Waals surface area (Å²) >= 11 is 0. The quantitative estimate of drug-likeness (QED) is 0.729. The molecule has 1 unspecified atom stereocenters. The molecule has 0 spiro atoms. The zero-order valence-corrected chi connectivity index (χ0v) is 17.9. The van der Waals surface area contributed by atoms with Gasteiger partial charge < -0.3 is 14.5 Å². The van der Waals surface area contributed by atoms with Gasteiger partial charge in [-0.05, 0) is 49.2 Å². The monoisotopic (exact) mass is 429 g/mol. The zero-order valence-electron chi connectivity index (χ0n) is 17.1. The van der Waals surface area contributed by atoms with Crippen molar-refractivity contribution in [1.82, 2.24) is 9.21 Å². The Morgan fingerprint density at radius 3 is 2.23 bits per heavy atom. The van der Waals surface area contributed by atoms with E-state index in [4.69, 9.17) is 4.74 Å². The number of carbonyl (C=O) groups is 1. The van der Waals surface area contributed by atoms with E-state index in [-0.39, 0.29) is 10.8 Å². The molecule has 1 atom stereocenters. The summed E-state index contributed by atoms with van der Waals surface area (Å²) in [4.78, 5) is 17.5. The van der Waals surface area contributed by atoms with Crippen LogP contribution in [0.15, 0.2) is 59.5 Å². The van der Waals surface area contributed by atoms with Gasteiger partial charge in [0.25, 0.3) is 0 Å². The highest BCUT2D eigenvalue weighted by atomic mass is 32.2. The number of hydrogen-bond acceptors (Lipinski definition) is 5. The van der Waals surface area contributed by atoms with Crippen LogP contribution in [0.4, 0.5) is 5.69 Å². The third kappa shape index (κ3) is 4.02. The van der Waals surface area contributed by atoms with Crippen molar-refractivity contribution in [2.75, 3.05) is 44.7 Å². The van der Waals surface area contributed by atoms with Gasteiger partial charge in [-0.2, -0.15) is 4.31 Å². The van der Waals surface area contributed by atoms with Crippen LogP contribution in [0, 0.1) is 0 Å². The first kappa shape index (κ1) is 20.7. The minimum Gasteiger partial charge on any atom is -0.497 e. The summed E-state index contributed by atoms with van der Waals surface area (Å²) in [7, 11) is -2.19. The SMILES string of the molecule is COc1ccc(S(=O)(=O)N2CCCC2C(=O)N2CCN(c3ccccc3)CC2)cc1. The molecule has 0 aromatic heterocycles. The van der Waals surface area contributed by atoms with E-state index in [1.165, 1.54) is 23.5 Å². The Balaban J connectivity index is 1.45. The molecule has 2 heterocycles. The average Bonchev–Trinajstić information content (AvgIpc) is 3.30. The Morgan fingerprint density at radius 1 is 0.933 bits per heavy atom. The van der Waals surface area contributed by atoms with Gasteiger partial charge in [0.2, 0.25) is 15.9 Å². The molecule has 8 heteroatoms. The summed E-state index contributed by atoms with van der Waals surface area (Å²) in [5.74, 6) is 0.511. The summed E-state index contributed by atoms with van der Waals surface area (Å²) in [5, 5.41) is 0. The van der Waals surface area contributed by atoms with Crippen molar-refractivity contribution in [2.45, 2.75) is 23.8 Å². The van der Waals surface area contributed by atoms with Crippen LogP contribution in [0.5, 0.6) is 5.75 Å². The number of methoxy groups -OCH3 is 1. The Morgan fingerprint density at radius 2 is 1.60 bits per heavy atom. The smallest absolute Gasteiger partial charge is 0.243 e. The lowest BCUT2D eigenvalue weighted by molar-refractivity contribution is -0.134. The second kappa shape index (κ2) is 8.65. The van der Waals surface area contributed by atoms with Crippen LogP contribution in [0.25, 0.3) is 0 Å². The largest absolute Gasteiger partial charge is 0.497 e. The molecule has 0 radical (unpaired) electrons. The van der Waals surface area contributed by atoms with Crippen molar-refractivity contribution in [2.24, 2.45) is 0 Å². The highest BCUT2D eigenvalue weighted by molar-refractivity contribution is 7.89. The number of sulfonamides is 1. The molecule has 0 N–H and O–H groups in total. The van der Waals surface area contributed by atoms with Gasteiger partial charge in [-0.3, -0.25) is 4.79 Å². The van der Waals surface area contributed by atoms with Crippen molar-refractivity contribution in [3.05, 3.63) is 54.6 Å². The first-order valence-corrected chi connectivity index (χ1v) is 11.7. The number of nitrogens with zero attached hydrogens (tertiary/aromatic N) is 3. The Labute approximate surface area is 177 Å². The first-order chi connectivity index (χ1) is 14.5. The Bertz CT molecular complexity index is 971. The van der Waals surface area contributed by atoms with Gasteiger partial charge in [0, 0.05) is 38.4 Å². The maximum atomic E-state index is 13.2. The molecule has 4 rings (SSSR count). The lowest BCUT2D eigenvalue weighted by Gasteiger charge is -2.38. The number of amides is 1. The first-order valence-electron chi connectivity index (χ1n) is 10.3. The van der Waals surface area contributed by atoms with Crippen LogP contribution in [-0.4, -0.2) is 69.4 Å². The summed E-state index contributed by atoms with van der Waals surface area (Å²) in [6, 6.07) is 15.8. The molecule has 2 aliphatic rings. The average molecular weight is 430 g/mol. The maximum absolute atomic E-state index is 13.2. The Hall–Kier alpha value is -2.58. The predicted molar refractivity (Wildman–Crippen MR) is 115 cm³/mol. The Kier molecular flexibility index (Phi) is 5.97. The molecule has 0 saturated carbocycles. The number of anilines is 1. The minimum absolute atomic E-state index is 0.0858. The number of para-hydroxylation sites is 1. The molecule has 2 aromatic rings. The van der Waals surface area contributed by atoms with E-state index in [0.717, 1.165) is 18.8 Å². The van der Waals surface area contributed by atoms with Gasteiger partial charge in [0.1, 0.15) is 11.8 Å². The molecular weight excluding hydrogens is 402 g/mol. The van der Waals surface area contributed by atoms with E-state index in [2.05, 4.69) is 17.0 Å². The van der Waals surface area contributed by atoms with Crippen molar-refractivity contribution >= 4 is 21.6 Å². The highest BCUT2D eigenvalue weighted by Crippen LogP contribution is 2.29. The molecule has 160 valence electrons. The summed E-state index contributed by atoms with van der Waals surface area (Å²) < 4.78 is 32.8. The van der Waals surface area contributed by atoms with Gasteiger partial charge in [-0.1, -0.05) is 18.2 Å². The molecule has 0 aliphatic carbocycles. The highest BCUT2D eigenvalue weighted by Gasteiger charge is 2.41. The molecule has 7 nitrogen and oxygen atoms in total. The van der Waals surface area contributed by atoms with Gasteiger partial charge in [0.05, 0.1) is 12.0 Å².